The number of aryl methyl sites for hydroxylation is 1. The molecule has 0 unspecified atom stereocenters. The van der Waals surface area contributed by atoms with Crippen LogP contribution in [0.3, 0.4) is 0 Å². The first-order valence-electron chi connectivity index (χ1n) is 5.97. The number of carbonyl (C=O) groups is 1. The Bertz CT molecular complexity index is 643. The van der Waals surface area contributed by atoms with Crippen molar-refractivity contribution in [2.24, 2.45) is 5.73 Å². The highest BCUT2D eigenvalue weighted by molar-refractivity contribution is 7.11. The van der Waals surface area contributed by atoms with Crippen molar-refractivity contribution in [3.8, 4) is 0 Å². The number of thiazole rings is 1. The quantitative estimate of drug-likeness (QED) is 0.891. The van der Waals surface area contributed by atoms with Crippen LogP contribution >= 0.6 is 11.3 Å². The van der Waals surface area contributed by atoms with Gasteiger partial charge < -0.3 is 11.1 Å². The molecule has 0 atom stereocenters. The maximum absolute atomic E-state index is 13.6. The molecule has 7 heteroatoms. The van der Waals surface area contributed by atoms with Crippen molar-refractivity contribution in [3.05, 3.63) is 45.4 Å². The summed E-state index contributed by atoms with van der Waals surface area (Å²) in [6.07, 6.45) is 2.54. The second-order valence-corrected chi connectivity index (χ2v) is 5.30. The van der Waals surface area contributed by atoms with Crippen molar-refractivity contribution in [2.75, 3.05) is 5.32 Å². The fraction of sp³-hybridized carbons (Fsp3) is 0.231. The predicted molar refractivity (Wildman–Crippen MR) is 73.7 cm³/mol. The van der Waals surface area contributed by atoms with Crippen LogP contribution in [-0.2, 0) is 13.0 Å². The van der Waals surface area contributed by atoms with E-state index < -0.39 is 17.5 Å². The van der Waals surface area contributed by atoms with Gasteiger partial charge in [0.05, 0.1) is 22.8 Å². The van der Waals surface area contributed by atoms with Gasteiger partial charge in [0.25, 0.3) is 5.91 Å². The van der Waals surface area contributed by atoms with Gasteiger partial charge in [0.15, 0.2) is 0 Å². The fourth-order valence-electron chi connectivity index (χ4n) is 1.65. The summed E-state index contributed by atoms with van der Waals surface area (Å²) < 4.78 is 26.9. The van der Waals surface area contributed by atoms with E-state index in [1.165, 1.54) is 11.3 Å². The Kier molecular flexibility index (Phi) is 4.29. The minimum atomic E-state index is -0.966. The van der Waals surface area contributed by atoms with Gasteiger partial charge in [-0.05, 0) is 12.5 Å². The zero-order valence-electron chi connectivity index (χ0n) is 10.7. The molecule has 1 heterocycles. The third kappa shape index (κ3) is 3.11. The van der Waals surface area contributed by atoms with Crippen LogP contribution in [0.5, 0.6) is 0 Å². The number of rotatable bonds is 5. The predicted octanol–water partition coefficient (Wildman–Crippen LogP) is 2.69. The zero-order valence-corrected chi connectivity index (χ0v) is 11.6. The second kappa shape index (κ2) is 5.96. The molecule has 3 N–H and O–H groups in total. The van der Waals surface area contributed by atoms with Gasteiger partial charge in [0, 0.05) is 17.1 Å². The number of benzene rings is 1. The lowest BCUT2D eigenvalue weighted by Gasteiger charge is -2.08. The van der Waals surface area contributed by atoms with Crippen LogP contribution in [-0.4, -0.2) is 10.9 Å². The van der Waals surface area contributed by atoms with Crippen LogP contribution in [0.2, 0.25) is 0 Å². The summed E-state index contributed by atoms with van der Waals surface area (Å²) in [5, 5.41) is 3.80. The summed E-state index contributed by atoms with van der Waals surface area (Å²) in [7, 11) is 0. The molecule has 0 fully saturated rings. The van der Waals surface area contributed by atoms with Gasteiger partial charge in [-0.1, -0.05) is 6.92 Å². The van der Waals surface area contributed by atoms with Crippen molar-refractivity contribution in [2.45, 2.75) is 19.9 Å². The van der Waals surface area contributed by atoms with Crippen LogP contribution in [0.15, 0.2) is 18.3 Å². The van der Waals surface area contributed by atoms with Crippen molar-refractivity contribution in [1.82, 2.24) is 4.98 Å². The summed E-state index contributed by atoms with van der Waals surface area (Å²) in [5.74, 6) is -2.67. The Labute approximate surface area is 118 Å². The van der Waals surface area contributed by atoms with Gasteiger partial charge in [-0.2, -0.15) is 0 Å². The Balaban J connectivity index is 2.16. The van der Waals surface area contributed by atoms with Crippen LogP contribution in [0.1, 0.15) is 27.2 Å². The summed E-state index contributed by atoms with van der Waals surface area (Å²) in [5.41, 5.74) is 4.72. The third-order valence-electron chi connectivity index (χ3n) is 2.68. The van der Waals surface area contributed by atoms with E-state index in [0.717, 1.165) is 22.4 Å². The first kappa shape index (κ1) is 14.4. The third-order valence-corrected chi connectivity index (χ3v) is 3.82. The van der Waals surface area contributed by atoms with Crippen molar-refractivity contribution < 1.29 is 13.6 Å². The molecule has 0 aliphatic rings. The number of halogens is 2. The second-order valence-electron chi connectivity index (χ2n) is 4.10. The lowest BCUT2D eigenvalue weighted by molar-refractivity contribution is 0.0996. The lowest BCUT2D eigenvalue weighted by atomic mass is 10.1. The van der Waals surface area contributed by atoms with Gasteiger partial charge >= 0.3 is 0 Å². The SMILES string of the molecule is CCc1ncc(CNc2cc(C(N)=O)c(F)cc2F)s1. The number of anilines is 1. The van der Waals surface area contributed by atoms with Gasteiger partial charge in [-0.15, -0.1) is 11.3 Å². The van der Waals surface area contributed by atoms with E-state index in [-0.39, 0.29) is 11.3 Å². The molecule has 0 saturated carbocycles. The number of nitrogens with zero attached hydrogens (tertiary/aromatic N) is 1. The van der Waals surface area contributed by atoms with Crippen molar-refractivity contribution >= 4 is 22.9 Å². The van der Waals surface area contributed by atoms with E-state index >= 15 is 0 Å². The Morgan fingerprint density at radius 2 is 2.15 bits per heavy atom. The fourth-order valence-corrected chi connectivity index (χ4v) is 2.45. The Morgan fingerprint density at radius 3 is 2.75 bits per heavy atom. The number of primary amides is 1. The first-order chi connectivity index (χ1) is 9.51. The highest BCUT2D eigenvalue weighted by Crippen LogP contribution is 2.21. The molecule has 0 bridgehead atoms. The minimum Gasteiger partial charge on any atom is -0.378 e. The van der Waals surface area contributed by atoms with E-state index in [1.54, 1.807) is 6.20 Å². The van der Waals surface area contributed by atoms with Crippen molar-refractivity contribution in [1.29, 1.82) is 0 Å². The number of aromatic nitrogens is 1. The van der Waals surface area contributed by atoms with E-state index in [0.29, 0.717) is 12.6 Å². The molecular weight excluding hydrogens is 284 g/mol. The maximum atomic E-state index is 13.6. The Hall–Kier alpha value is -2.02. The lowest BCUT2D eigenvalue weighted by Crippen LogP contribution is -2.14. The largest absolute Gasteiger partial charge is 0.378 e. The molecule has 1 amide bonds. The number of hydrogen-bond acceptors (Lipinski definition) is 4. The molecule has 0 spiro atoms. The molecule has 20 heavy (non-hydrogen) atoms. The van der Waals surface area contributed by atoms with Crippen molar-refractivity contribution in [3.63, 3.8) is 0 Å². The average Bonchev–Trinajstić information content (AvgIpc) is 2.85. The van der Waals surface area contributed by atoms with Gasteiger partial charge in [-0.25, -0.2) is 13.8 Å². The topological polar surface area (TPSA) is 68.0 Å². The molecule has 2 rings (SSSR count). The zero-order chi connectivity index (χ0) is 14.7. The molecule has 0 aliphatic carbocycles. The molecule has 1 aromatic heterocycles. The summed E-state index contributed by atoms with van der Waals surface area (Å²) >= 11 is 1.51. The standard InChI is InChI=1S/C13H13F2N3OS/c1-2-12-18-6-7(20-12)5-17-11-3-8(13(16)19)9(14)4-10(11)15/h3-4,6,17H,2,5H2,1H3,(H2,16,19). The summed E-state index contributed by atoms with van der Waals surface area (Å²) in [4.78, 5) is 16.1. The number of amides is 1. The smallest absolute Gasteiger partial charge is 0.251 e. The number of nitrogens with two attached hydrogens (primary N) is 1. The normalized spacial score (nSPS) is 10.6. The van der Waals surface area contributed by atoms with Gasteiger partial charge in [0.1, 0.15) is 11.6 Å². The number of nitrogens with one attached hydrogen (secondary N) is 1. The number of hydrogen-bond donors (Lipinski definition) is 2. The van der Waals surface area contributed by atoms with Crippen LogP contribution in [0.25, 0.3) is 0 Å². The minimum absolute atomic E-state index is 0.0339. The average molecular weight is 297 g/mol. The van der Waals surface area contributed by atoms with E-state index in [2.05, 4.69) is 10.3 Å². The van der Waals surface area contributed by atoms with Crippen LogP contribution < -0.4 is 11.1 Å². The van der Waals surface area contributed by atoms with E-state index in [9.17, 15) is 13.6 Å². The first-order valence-corrected chi connectivity index (χ1v) is 6.79. The molecule has 2 aromatic rings. The van der Waals surface area contributed by atoms with E-state index in [4.69, 9.17) is 5.73 Å². The van der Waals surface area contributed by atoms with Crippen LogP contribution in [0.4, 0.5) is 14.5 Å². The monoisotopic (exact) mass is 297 g/mol. The summed E-state index contributed by atoms with van der Waals surface area (Å²) in [6.45, 7) is 2.34. The number of carbonyl (C=O) groups excluding carboxylic acids is 1. The molecular formula is C13H13F2N3OS. The van der Waals surface area contributed by atoms with Gasteiger partial charge in [0.2, 0.25) is 0 Å². The van der Waals surface area contributed by atoms with Crippen LogP contribution in [0, 0.1) is 11.6 Å². The van der Waals surface area contributed by atoms with Gasteiger partial charge in [-0.3, -0.25) is 4.79 Å². The molecule has 0 aliphatic heterocycles. The Morgan fingerprint density at radius 1 is 1.40 bits per heavy atom. The summed E-state index contributed by atoms with van der Waals surface area (Å²) in [6, 6.07) is 1.72. The van der Waals surface area contributed by atoms with E-state index in [1.807, 2.05) is 6.92 Å². The maximum Gasteiger partial charge on any atom is 0.251 e. The molecule has 106 valence electrons. The highest BCUT2D eigenvalue weighted by Gasteiger charge is 2.13. The highest BCUT2D eigenvalue weighted by atomic mass is 32.1. The molecule has 0 saturated heterocycles. The molecule has 1 aromatic carbocycles. The molecule has 4 nitrogen and oxygen atoms in total. The molecule has 0 radical (unpaired) electrons.